The number of pyridine rings is 1. The Bertz CT molecular complexity index is 926. The van der Waals surface area contributed by atoms with Crippen LogP contribution >= 0.6 is 11.6 Å². The average molecular weight is 419 g/mol. The van der Waals surface area contributed by atoms with E-state index in [0.717, 1.165) is 5.56 Å². The van der Waals surface area contributed by atoms with Gasteiger partial charge in [0, 0.05) is 19.3 Å². The molecule has 152 valence electrons. The maximum atomic E-state index is 11.7. The second-order valence-electron chi connectivity index (χ2n) is 5.96. The number of benzene rings is 1. The van der Waals surface area contributed by atoms with Gasteiger partial charge in [0.25, 0.3) is 0 Å². The topological polar surface area (TPSA) is 114 Å². The third kappa shape index (κ3) is 4.72. The van der Waals surface area contributed by atoms with Crippen LogP contribution in [0.5, 0.6) is 11.5 Å². The van der Waals surface area contributed by atoms with Crippen molar-refractivity contribution in [2.45, 2.75) is 6.54 Å². The van der Waals surface area contributed by atoms with Gasteiger partial charge in [0.15, 0.2) is 5.69 Å². The van der Waals surface area contributed by atoms with E-state index in [9.17, 15) is 10.1 Å². The molecule has 0 fully saturated rings. The summed E-state index contributed by atoms with van der Waals surface area (Å²) in [7, 11) is 2.97. The van der Waals surface area contributed by atoms with Crippen molar-refractivity contribution in [1.82, 2.24) is 9.88 Å². The molecular weight excluding hydrogens is 400 g/mol. The minimum Gasteiger partial charge on any atom is -0.494 e. The Kier molecular flexibility index (Phi) is 6.45. The highest BCUT2D eigenvalue weighted by Gasteiger charge is 2.31. The van der Waals surface area contributed by atoms with Crippen LogP contribution in [0.1, 0.15) is 5.56 Å². The molecule has 0 atom stereocenters. The first-order chi connectivity index (χ1) is 14.0. The lowest BCUT2D eigenvalue weighted by molar-refractivity contribution is -0.346. The molecule has 3 rings (SSSR count). The molecule has 0 saturated carbocycles. The van der Waals surface area contributed by atoms with Crippen LogP contribution in [0.25, 0.3) is 0 Å². The van der Waals surface area contributed by atoms with Crippen molar-refractivity contribution in [2.75, 3.05) is 32.7 Å². The third-order valence-corrected chi connectivity index (χ3v) is 4.39. The lowest BCUT2D eigenvalue weighted by Crippen LogP contribution is -2.37. The molecule has 1 aromatic carbocycles. The van der Waals surface area contributed by atoms with E-state index in [-0.39, 0.29) is 5.84 Å². The Balaban J connectivity index is 1.85. The number of nitro groups is 1. The van der Waals surface area contributed by atoms with Gasteiger partial charge in [-0.3, -0.25) is 4.99 Å². The number of methoxy groups -OCH3 is 2. The van der Waals surface area contributed by atoms with Crippen LogP contribution < -0.4 is 14.9 Å². The molecule has 0 radical (unpaired) electrons. The monoisotopic (exact) mass is 418 g/mol. The smallest absolute Gasteiger partial charge is 0.430 e. The Morgan fingerprint density at radius 1 is 1.31 bits per heavy atom. The van der Waals surface area contributed by atoms with Crippen LogP contribution in [0.3, 0.4) is 0 Å². The Hall–Kier alpha value is -3.40. The second kappa shape index (κ2) is 9.20. The zero-order valence-corrected chi connectivity index (χ0v) is 16.6. The van der Waals surface area contributed by atoms with Crippen LogP contribution in [-0.4, -0.2) is 53.8 Å². The molecule has 2 heterocycles. The maximum absolute atomic E-state index is 11.7. The number of halogens is 1. The highest BCUT2D eigenvalue weighted by molar-refractivity contribution is 6.37. The lowest BCUT2D eigenvalue weighted by Gasteiger charge is -2.18. The number of para-hydroxylation sites is 1. The number of anilines is 1. The quantitative estimate of drug-likeness (QED) is 0.241. The number of ether oxygens (including phenoxy) is 2. The van der Waals surface area contributed by atoms with Crippen molar-refractivity contribution < 1.29 is 14.4 Å². The molecule has 0 bridgehead atoms. The first-order valence-electron chi connectivity index (χ1n) is 8.62. The highest BCUT2D eigenvalue weighted by Crippen LogP contribution is 2.34. The van der Waals surface area contributed by atoms with Gasteiger partial charge in [-0.2, -0.15) is 5.43 Å². The number of aliphatic imine (C=N–C) groups is 1. The van der Waals surface area contributed by atoms with Gasteiger partial charge in [-0.1, -0.05) is 23.7 Å². The molecule has 11 heteroatoms. The minimum atomic E-state index is -0.577. The number of hydrogen-bond donors (Lipinski definition) is 1. The highest BCUT2D eigenvalue weighted by atomic mass is 35.5. The number of nitrogens with one attached hydrogen (secondary N) is 1. The van der Waals surface area contributed by atoms with Crippen LogP contribution in [0.15, 0.2) is 46.6 Å². The fraction of sp³-hybridized carbons (Fsp3) is 0.278. The van der Waals surface area contributed by atoms with Gasteiger partial charge in [0.05, 0.1) is 25.9 Å². The Morgan fingerprint density at radius 3 is 2.62 bits per heavy atom. The molecule has 1 aliphatic rings. The summed E-state index contributed by atoms with van der Waals surface area (Å²) in [4.78, 5) is 21.2. The minimum absolute atomic E-state index is 0.186. The molecule has 29 heavy (non-hydrogen) atoms. The molecule has 0 amide bonds. The predicted molar refractivity (Wildman–Crippen MR) is 110 cm³/mol. The standard InChI is InChI=1S/C18H19ClN6O4/c1-28-13-4-3-5-14(29-2)16(13)22-23-18(25(26)27)17-20-8-9-24(17)11-12-6-7-15(19)21-10-12/h3-7,10,22H,8-9,11H2,1-2H3. The zero-order chi connectivity index (χ0) is 20.8. The van der Waals surface area contributed by atoms with Gasteiger partial charge in [-0.05, 0) is 28.7 Å². The summed E-state index contributed by atoms with van der Waals surface area (Å²) >= 11 is 5.81. The fourth-order valence-corrected chi connectivity index (χ4v) is 2.92. The number of amidine groups is 2. The molecule has 10 nitrogen and oxygen atoms in total. The van der Waals surface area contributed by atoms with E-state index in [2.05, 4.69) is 20.5 Å². The lowest BCUT2D eigenvalue weighted by atomic mass is 10.2. The van der Waals surface area contributed by atoms with Crippen molar-refractivity contribution in [1.29, 1.82) is 0 Å². The molecule has 1 aliphatic heterocycles. The van der Waals surface area contributed by atoms with Crippen molar-refractivity contribution >= 4 is 29.0 Å². The number of rotatable bonds is 7. The Labute approximate surface area is 172 Å². The van der Waals surface area contributed by atoms with E-state index >= 15 is 0 Å². The predicted octanol–water partition coefficient (Wildman–Crippen LogP) is 2.67. The summed E-state index contributed by atoms with van der Waals surface area (Å²) in [5.41, 5.74) is 3.92. The van der Waals surface area contributed by atoms with E-state index in [1.807, 2.05) is 6.07 Å². The van der Waals surface area contributed by atoms with Gasteiger partial charge in [0.1, 0.15) is 16.7 Å². The number of aromatic nitrogens is 1. The van der Waals surface area contributed by atoms with E-state index in [1.165, 1.54) is 14.2 Å². The Morgan fingerprint density at radius 2 is 2.03 bits per heavy atom. The first-order valence-corrected chi connectivity index (χ1v) is 9.00. The zero-order valence-electron chi connectivity index (χ0n) is 15.8. The van der Waals surface area contributed by atoms with Crippen LogP contribution in [-0.2, 0) is 6.54 Å². The largest absolute Gasteiger partial charge is 0.494 e. The van der Waals surface area contributed by atoms with Gasteiger partial charge >= 0.3 is 5.84 Å². The third-order valence-electron chi connectivity index (χ3n) is 4.17. The number of hydrazone groups is 1. The molecule has 0 saturated heterocycles. The van der Waals surface area contributed by atoms with Crippen LogP contribution in [0, 0.1) is 10.1 Å². The fourth-order valence-electron chi connectivity index (χ4n) is 2.81. The van der Waals surface area contributed by atoms with Crippen molar-refractivity contribution in [2.24, 2.45) is 10.1 Å². The molecule has 1 N–H and O–H groups in total. The molecule has 0 unspecified atom stereocenters. The maximum Gasteiger partial charge on any atom is 0.430 e. The van der Waals surface area contributed by atoms with Crippen molar-refractivity contribution in [3.63, 3.8) is 0 Å². The van der Waals surface area contributed by atoms with Crippen molar-refractivity contribution in [3.05, 3.63) is 57.4 Å². The van der Waals surface area contributed by atoms with Crippen LogP contribution in [0.4, 0.5) is 5.69 Å². The molecule has 0 aliphatic carbocycles. The molecule has 2 aromatic rings. The van der Waals surface area contributed by atoms with Crippen LogP contribution in [0.2, 0.25) is 5.15 Å². The first kappa shape index (κ1) is 20.3. The summed E-state index contributed by atoms with van der Waals surface area (Å²) in [5, 5.41) is 16.1. The van der Waals surface area contributed by atoms with E-state index in [1.54, 1.807) is 35.4 Å². The average Bonchev–Trinajstić information content (AvgIpc) is 3.17. The van der Waals surface area contributed by atoms with Gasteiger partial charge in [0.2, 0.25) is 5.84 Å². The SMILES string of the molecule is COc1cccc(OC)c1NN=C(C1=NCCN1Cc1ccc(Cl)nc1)[N+](=O)[O-]. The van der Waals surface area contributed by atoms with E-state index < -0.39 is 10.8 Å². The summed E-state index contributed by atoms with van der Waals surface area (Å²) in [5.74, 6) is 0.658. The van der Waals surface area contributed by atoms with Gasteiger partial charge in [-0.25, -0.2) is 4.98 Å². The number of hydrogen-bond acceptors (Lipinski definition) is 9. The summed E-state index contributed by atoms with van der Waals surface area (Å²) in [6.07, 6.45) is 1.62. The van der Waals surface area contributed by atoms with Crippen molar-refractivity contribution in [3.8, 4) is 11.5 Å². The second-order valence-corrected chi connectivity index (χ2v) is 6.35. The van der Waals surface area contributed by atoms with E-state index in [0.29, 0.717) is 42.0 Å². The molecule has 1 aromatic heterocycles. The molecule has 0 spiro atoms. The van der Waals surface area contributed by atoms with Gasteiger partial charge < -0.3 is 24.5 Å². The normalized spacial score (nSPS) is 13.8. The molecular formula is C18H19ClN6O4. The summed E-state index contributed by atoms with van der Waals surface area (Å²) in [6, 6.07) is 8.61. The summed E-state index contributed by atoms with van der Waals surface area (Å²) in [6.45, 7) is 1.36. The van der Waals surface area contributed by atoms with E-state index in [4.69, 9.17) is 21.1 Å². The summed E-state index contributed by atoms with van der Waals surface area (Å²) < 4.78 is 10.6. The van der Waals surface area contributed by atoms with Gasteiger partial charge in [-0.15, -0.1) is 0 Å². The number of nitrogens with zero attached hydrogens (tertiary/aromatic N) is 5.